The Morgan fingerprint density at radius 1 is 0.564 bits per heavy atom. The van der Waals surface area contributed by atoms with Crippen LogP contribution in [-0.2, 0) is 12.4 Å². The van der Waals surface area contributed by atoms with Crippen LogP contribution in [0.1, 0.15) is 87.7 Å². The Kier molecular flexibility index (Phi) is 17.4. The summed E-state index contributed by atoms with van der Waals surface area (Å²) < 4.78 is 154. The van der Waals surface area contributed by atoms with Crippen LogP contribution in [0.2, 0.25) is 0 Å². The lowest BCUT2D eigenvalue weighted by Crippen LogP contribution is -2.38. The topological polar surface area (TPSA) is 142 Å². The summed E-state index contributed by atoms with van der Waals surface area (Å²) in [6.07, 6.45) is -5.17. The first-order valence-electron chi connectivity index (χ1n) is 25.2. The number of hydrogen-bond acceptors (Lipinski definition) is 14. The van der Waals surface area contributed by atoms with Crippen LogP contribution < -0.4 is 35.2 Å². The zero-order valence-electron chi connectivity index (χ0n) is 43.1. The van der Waals surface area contributed by atoms with Gasteiger partial charge in [-0.05, 0) is 146 Å². The average Bonchev–Trinajstić information content (AvgIpc) is 3.43. The van der Waals surface area contributed by atoms with Crippen LogP contribution in [0.25, 0.3) is 22.5 Å². The summed E-state index contributed by atoms with van der Waals surface area (Å²) in [4.78, 5) is 29.7. The van der Waals surface area contributed by atoms with Crippen molar-refractivity contribution >= 4 is 47.3 Å². The maximum atomic E-state index is 14.9. The van der Waals surface area contributed by atoms with Crippen LogP contribution in [0.3, 0.4) is 0 Å². The number of fused-ring (bicyclic) bond motifs is 2. The minimum absolute atomic E-state index is 0. The third kappa shape index (κ3) is 12.7. The molecule has 0 unspecified atom stereocenters. The monoisotopic (exact) mass is 1120 g/mol. The Labute approximate surface area is 449 Å². The van der Waals surface area contributed by atoms with Crippen molar-refractivity contribution < 1.29 is 53.4 Å². The van der Waals surface area contributed by atoms with Crippen molar-refractivity contribution in [3.8, 4) is 34.0 Å². The van der Waals surface area contributed by atoms with Gasteiger partial charge in [-0.15, -0.1) is 12.4 Å². The molecule has 0 atom stereocenters. The highest BCUT2D eigenvalue weighted by Gasteiger charge is 2.40. The molecule has 78 heavy (non-hydrogen) atoms. The Morgan fingerprint density at radius 2 is 0.974 bits per heavy atom. The summed E-state index contributed by atoms with van der Waals surface area (Å²) in [7, 11) is 1.94. The number of nitrogens with zero attached hydrogens (tertiary/aromatic N) is 9. The number of alkyl halides is 6. The Hall–Kier alpha value is -6.79. The maximum absolute atomic E-state index is 14.9. The average molecular weight is 1120 g/mol. The zero-order valence-corrected chi connectivity index (χ0v) is 43.9. The highest BCUT2D eigenvalue weighted by atomic mass is 35.5. The number of piperidine rings is 2. The second-order valence-electron chi connectivity index (χ2n) is 19.8. The van der Waals surface area contributed by atoms with Gasteiger partial charge in [0.15, 0.2) is 34.8 Å². The molecule has 0 radical (unpaired) electrons. The number of rotatable bonds is 10. The molecule has 0 amide bonds. The van der Waals surface area contributed by atoms with Gasteiger partial charge in [0.2, 0.25) is 11.9 Å². The van der Waals surface area contributed by atoms with Crippen molar-refractivity contribution in [2.75, 3.05) is 80.0 Å². The fourth-order valence-electron chi connectivity index (χ4n) is 10.1. The largest absolute Gasteiger partial charge is 0.486 e. The number of nitrogens with one attached hydrogen (secondary N) is 3. The number of aromatic nitrogens is 6. The number of halogens is 11. The van der Waals surface area contributed by atoms with Gasteiger partial charge in [0, 0.05) is 23.2 Å². The molecule has 4 aliphatic heterocycles. The van der Waals surface area contributed by atoms with Crippen LogP contribution in [0.4, 0.5) is 78.8 Å². The van der Waals surface area contributed by atoms with Crippen molar-refractivity contribution in [3.63, 3.8) is 0 Å². The molecule has 25 heteroatoms. The quantitative estimate of drug-likeness (QED) is 0.112. The van der Waals surface area contributed by atoms with Gasteiger partial charge in [-0.2, -0.15) is 26.3 Å². The minimum atomic E-state index is -4.66. The summed E-state index contributed by atoms with van der Waals surface area (Å²) in [6, 6.07) is 11.2. The van der Waals surface area contributed by atoms with Gasteiger partial charge in [0.25, 0.3) is 0 Å². The molecule has 0 bridgehead atoms. The lowest BCUT2D eigenvalue weighted by Gasteiger charge is -2.34. The maximum Gasteiger partial charge on any atom is 0.433 e. The molecule has 418 valence electrons. The predicted octanol–water partition coefficient (Wildman–Crippen LogP) is 12.1. The highest BCUT2D eigenvalue weighted by molar-refractivity contribution is 5.85. The molecule has 0 aliphatic carbocycles. The first-order chi connectivity index (χ1) is 36.6. The predicted molar refractivity (Wildman–Crippen MR) is 277 cm³/mol. The van der Waals surface area contributed by atoms with E-state index in [0.717, 1.165) is 24.5 Å². The number of ether oxygens (including phenoxy) is 2. The number of likely N-dealkylation sites (tertiary alicyclic amines) is 1. The van der Waals surface area contributed by atoms with E-state index in [1.165, 1.54) is 24.3 Å². The summed E-state index contributed by atoms with van der Waals surface area (Å²) in [5, 5.41) is 8.45. The van der Waals surface area contributed by atoms with Gasteiger partial charge in [0.05, 0.1) is 36.9 Å². The second-order valence-corrected chi connectivity index (χ2v) is 19.8. The molecule has 4 aromatic heterocycles. The van der Waals surface area contributed by atoms with Crippen LogP contribution in [-0.4, -0.2) is 106 Å². The summed E-state index contributed by atoms with van der Waals surface area (Å²) in [6.45, 7) is 12.2. The molecule has 3 N–H and O–H groups in total. The number of pyridine rings is 2. The summed E-state index contributed by atoms with van der Waals surface area (Å²) in [5.41, 5.74) is -0.813. The molecule has 14 nitrogen and oxygen atoms in total. The van der Waals surface area contributed by atoms with Crippen molar-refractivity contribution in [1.82, 2.24) is 40.1 Å². The smallest absolute Gasteiger partial charge is 0.433 e. The van der Waals surface area contributed by atoms with Gasteiger partial charge < -0.3 is 40.1 Å². The Morgan fingerprint density at radius 3 is 1.37 bits per heavy atom. The Bertz CT molecular complexity index is 3100. The van der Waals surface area contributed by atoms with Gasteiger partial charge in [-0.1, -0.05) is 12.1 Å². The van der Waals surface area contributed by atoms with Crippen molar-refractivity contribution in [3.05, 3.63) is 107 Å². The molecule has 2 aromatic carbocycles. The SMILES string of the molecule is CC(C)N1CCOc2c(F)cc(-c3nc(Nc4ccc(C5CCN(C)CC5)c(C(F)(F)F)n4)ncc3F)cc21.CC(C)N1CCOc2c(F)cc(-c3nc(Nc4ccc(C5CCNCC5)c(C(F)(F)F)n4)ncc3F)cc21.Cl. The summed E-state index contributed by atoms with van der Waals surface area (Å²) >= 11 is 0. The van der Waals surface area contributed by atoms with E-state index in [1.54, 1.807) is 12.1 Å². The first kappa shape index (κ1) is 57.4. The van der Waals surface area contributed by atoms with Crippen molar-refractivity contribution in [1.29, 1.82) is 0 Å². The van der Waals surface area contributed by atoms with Gasteiger partial charge in [-0.3, -0.25) is 0 Å². The molecule has 0 spiro atoms. The van der Waals surface area contributed by atoms with E-state index in [2.05, 4.69) is 50.8 Å². The molecule has 0 saturated carbocycles. The number of benzene rings is 2. The molecule has 8 heterocycles. The molecule has 10 rings (SSSR count). The standard InChI is InChI=1S/C27H29F5N6O.C26H27F5N6O.ClH/c1-15(2)38-10-11-39-24-19(28)12-17(13-21(24)38)23-20(29)14-33-26(36-23)35-22-5-4-18(25(34-22)27(30,31)32)16-6-8-37(3)9-7-16;1-14(2)37-9-10-38-23-18(27)11-16(12-20(23)37)22-19(28)13-33-25(36-22)35-21-4-3-17(15-5-7-32-8-6-15)24(34-21)26(29,30)31;/h4-5,12-16H,6-11H2,1-3H3,(H,33,34,35,36);3-4,11-15,32H,5-10H2,1-2H3,(H,33,34,35,36);1H. The van der Waals surface area contributed by atoms with E-state index < -0.39 is 47.0 Å². The normalized spacial score (nSPS) is 16.4. The van der Waals surface area contributed by atoms with E-state index in [9.17, 15) is 43.9 Å². The van der Waals surface area contributed by atoms with Crippen LogP contribution in [0.15, 0.2) is 60.9 Å². The molecular formula is C53H57ClF10N12O2. The van der Waals surface area contributed by atoms with Crippen molar-refractivity contribution in [2.45, 2.75) is 89.7 Å². The highest BCUT2D eigenvalue weighted by Crippen LogP contribution is 2.43. The first-order valence-corrected chi connectivity index (χ1v) is 25.2. The van der Waals surface area contributed by atoms with Crippen LogP contribution in [0, 0.1) is 23.3 Å². The second kappa shape index (κ2) is 23.7. The van der Waals surface area contributed by atoms with Crippen molar-refractivity contribution in [2.24, 2.45) is 0 Å². The molecule has 2 saturated heterocycles. The van der Waals surface area contributed by atoms with E-state index in [0.29, 0.717) is 89.5 Å². The third-order valence-corrected chi connectivity index (χ3v) is 13.9. The minimum Gasteiger partial charge on any atom is -0.486 e. The molecular weight excluding hydrogens is 1060 g/mol. The fraction of sp³-hybridized carbons (Fsp3) is 0.434. The fourth-order valence-corrected chi connectivity index (χ4v) is 10.1. The van der Waals surface area contributed by atoms with Crippen LogP contribution >= 0.6 is 12.4 Å². The summed E-state index contributed by atoms with van der Waals surface area (Å²) in [5.74, 6) is -3.90. The molecule has 6 aromatic rings. The molecule has 2 fully saturated rings. The Balaban J connectivity index is 0.000000203. The van der Waals surface area contributed by atoms with Gasteiger partial charge >= 0.3 is 12.4 Å². The van der Waals surface area contributed by atoms with Gasteiger partial charge in [0.1, 0.15) is 47.6 Å². The van der Waals surface area contributed by atoms with E-state index in [1.807, 2.05) is 44.5 Å². The lowest BCUT2D eigenvalue weighted by atomic mass is 9.88. The van der Waals surface area contributed by atoms with E-state index in [-0.39, 0.29) is 105 Å². The van der Waals surface area contributed by atoms with Crippen LogP contribution in [0.5, 0.6) is 11.5 Å². The third-order valence-electron chi connectivity index (χ3n) is 13.9. The zero-order chi connectivity index (χ0) is 54.9. The van der Waals surface area contributed by atoms with E-state index in [4.69, 9.17) is 9.47 Å². The number of hydrogen-bond donors (Lipinski definition) is 3. The number of anilines is 6. The van der Waals surface area contributed by atoms with E-state index >= 15 is 0 Å². The van der Waals surface area contributed by atoms with Gasteiger partial charge in [-0.25, -0.2) is 47.5 Å². The molecule has 4 aliphatic rings. The lowest BCUT2D eigenvalue weighted by molar-refractivity contribution is -0.142.